The van der Waals surface area contributed by atoms with Gasteiger partial charge in [0.15, 0.2) is 5.75 Å². The van der Waals surface area contributed by atoms with Crippen molar-refractivity contribution < 1.29 is 13.9 Å². The minimum Gasteiger partial charge on any atom is -0.486 e. The molecule has 0 unspecified atom stereocenters. The molecule has 0 N–H and O–H groups in total. The lowest BCUT2D eigenvalue weighted by atomic mass is 9.94. The van der Waals surface area contributed by atoms with Crippen LogP contribution in [0.3, 0.4) is 0 Å². The molecule has 0 aliphatic carbocycles. The maximum Gasteiger partial charge on any atom is 0.354 e. The lowest BCUT2D eigenvalue weighted by Crippen LogP contribution is -2.54. The lowest BCUT2D eigenvalue weighted by Gasteiger charge is -2.40. The third-order valence-corrected chi connectivity index (χ3v) is 8.27. The summed E-state index contributed by atoms with van der Waals surface area (Å²) in [7, 11) is 0. The molecule has 0 radical (unpaired) electrons. The van der Waals surface area contributed by atoms with Crippen LogP contribution in [0, 0.1) is 12.7 Å². The highest BCUT2D eigenvalue weighted by atomic mass is 35.5. The Morgan fingerprint density at radius 2 is 2.02 bits per heavy atom. The molecule has 0 spiro atoms. The molecule has 11 heteroatoms. The number of fused-ring (bicyclic) bond motifs is 5. The summed E-state index contributed by atoms with van der Waals surface area (Å²) >= 11 is 6.93. The molecule has 0 bridgehead atoms. The molecule has 4 aromatic rings. The van der Waals surface area contributed by atoms with Crippen molar-refractivity contribution in [2.75, 3.05) is 24.5 Å². The summed E-state index contributed by atoms with van der Waals surface area (Å²) in [5.41, 5.74) is 2.99. The number of hydrogen-bond donors (Lipinski definition) is 0. The van der Waals surface area contributed by atoms with Gasteiger partial charge in [0.2, 0.25) is 5.91 Å². The van der Waals surface area contributed by atoms with Gasteiger partial charge >= 0.3 is 5.69 Å². The van der Waals surface area contributed by atoms with Crippen molar-refractivity contribution in [2.45, 2.75) is 46.3 Å². The molecule has 6 rings (SSSR count). The zero-order valence-corrected chi connectivity index (χ0v) is 24.6. The predicted molar refractivity (Wildman–Crippen MR) is 160 cm³/mol. The number of aryl methyl sites for hydroxylation is 1. The van der Waals surface area contributed by atoms with Gasteiger partial charge in [0.25, 0.3) is 0 Å². The number of halogens is 2. The number of benzene rings is 2. The number of ether oxygens (including phenoxy) is 1. The molecule has 1 amide bonds. The number of carbonyl (C=O) groups is 1. The minimum atomic E-state index is -0.554. The normalized spacial score (nSPS) is 16.3. The number of amides is 1. The van der Waals surface area contributed by atoms with Gasteiger partial charge in [-0.05, 0) is 38.0 Å². The number of carbonyl (C=O) groups excluding carboxylic acids is 1. The first-order valence-corrected chi connectivity index (χ1v) is 14.2. The summed E-state index contributed by atoms with van der Waals surface area (Å²) in [5, 5.41) is 0.835. The van der Waals surface area contributed by atoms with E-state index in [2.05, 4.69) is 21.5 Å². The number of aromatic nitrogens is 4. The smallest absolute Gasteiger partial charge is 0.354 e. The second-order valence-corrected chi connectivity index (χ2v) is 11.4. The van der Waals surface area contributed by atoms with Crippen molar-refractivity contribution in [1.82, 2.24) is 24.4 Å². The Morgan fingerprint density at radius 3 is 2.74 bits per heavy atom. The van der Waals surface area contributed by atoms with Gasteiger partial charge < -0.3 is 14.5 Å². The van der Waals surface area contributed by atoms with Crippen LogP contribution >= 0.6 is 11.6 Å². The van der Waals surface area contributed by atoms with E-state index < -0.39 is 11.5 Å². The molecule has 4 heterocycles. The summed E-state index contributed by atoms with van der Waals surface area (Å²) in [6, 6.07) is 6.37. The lowest BCUT2D eigenvalue weighted by molar-refractivity contribution is -0.126. The highest BCUT2D eigenvalue weighted by Crippen LogP contribution is 2.49. The maximum absolute atomic E-state index is 15.4. The highest BCUT2D eigenvalue weighted by Gasteiger charge is 2.34. The fourth-order valence-corrected chi connectivity index (χ4v) is 6.30. The Morgan fingerprint density at radius 1 is 1.24 bits per heavy atom. The Balaban J connectivity index is 1.70. The molecule has 1 saturated heterocycles. The SMILES string of the molecule is C=CC(=O)N1CCN(c2nc(=O)n(-c3c(C)ncnc3C(C)C)c3c4c(c(Cl)cc23)-c2c(F)cccc2CO4)[C@@H](C)C1. The first-order valence-electron chi connectivity index (χ1n) is 13.8. The second kappa shape index (κ2) is 10.5. The molecule has 1 fully saturated rings. The Kier molecular flexibility index (Phi) is 6.97. The molecular formula is C31H30ClFN6O3. The summed E-state index contributed by atoms with van der Waals surface area (Å²) < 4.78 is 23.2. The molecule has 0 saturated carbocycles. The molecule has 216 valence electrons. The first kappa shape index (κ1) is 27.8. The maximum atomic E-state index is 15.4. The van der Waals surface area contributed by atoms with E-state index in [4.69, 9.17) is 16.3 Å². The Hall–Kier alpha value is -4.31. The van der Waals surface area contributed by atoms with Crippen molar-refractivity contribution in [2.24, 2.45) is 0 Å². The predicted octanol–water partition coefficient (Wildman–Crippen LogP) is 5.18. The largest absolute Gasteiger partial charge is 0.486 e. The van der Waals surface area contributed by atoms with Crippen molar-refractivity contribution in [1.29, 1.82) is 0 Å². The highest BCUT2D eigenvalue weighted by molar-refractivity contribution is 6.35. The van der Waals surface area contributed by atoms with Crippen molar-refractivity contribution in [3.05, 3.63) is 81.5 Å². The van der Waals surface area contributed by atoms with E-state index in [0.717, 1.165) is 0 Å². The van der Waals surface area contributed by atoms with Crippen LogP contribution in [0.2, 0.25) is 5.02 Å². The molecule has 2 aromatic heterocycles. The zero-order chi connectivity index (χ0) is 29.9. The zero-order valence-electron chi connectivity index (χ0n) is 23.8. The first-order chi connectivity index (χ1) is 20.1. The van der Waals surface area contributed by atoms with E-state index in [9.17, 15) is 9.59 Å². The summed E-state index contributed by atoms with van der Waals surface area (Å²) in [6.07, 6.45) is 2.78. The van der Waals surface area contributed by atoms with Gasteiger partial charge in [0.1, 0.15) is 30.1 Å². The molecule has 2 aliphatic heterocycles. The third-order valence-electron chi connectivity index (χ3n) is 7.98. The van der Waals surface area contributed by atoms with Gasteiger partial charge in [0, 0.05) is 47.8 Å². The molecule has 9 nitrogen and oxygen atoms in total. The van der Waals surface area contributed by atoms with E-state index in [1.165, 1.54) is 23.0 Å². The topological polar surface area (TPSA) is 93.5 Å². The van der Waals surface area contributed by atoms with Gasteiger partial charge in [-0.15, -0.1) is 0 Å². The van der Waals surface area contributed by atoms with Gasteiger partial charge in [-0.1, -0.05) is 44.2 Å². The van der Waals surface area contributed by atoms with Crippen LogP contribution in [-0.4, -0.2) is 56.0 Å². The summed E-state index contributed by atoms with van der Waals surface area (Å²) in [5.74, 6) is 0.0857. The second-order valence-electron chi connectivity index (χ2n) is 11.0. The number of nitrogens with zero attached hydrogens (tertiary/aromatic N) is 6. The van der Waals surface area contributed by atoms with Crippen LogP contribution in [0.5, 0.6) is 5.75 Å². The fourth-order valence-electron chi connectivity index (χ4n) is 6.01. The van der Waals surface area contributed by atoms with E-state index in [1.54, 1.807) is 23.1 Å². The molecule has 42 heavy (non-hydrogen) atoms. The number of hydrogen-bond acceptors (Lipinski definition) is 7. The average Bonchev–Trinajstić information content (AvgIpc) is 2.97. The monoisotopic (exact) mass is 588 g/mol. The van der Waals surface area contributed by atoms with Crippen molar-refractivity contribution >= 4 is 34.2 Å². The third kappa shape index (κ3) is 4.32. The van der Waals surface area contributed by atoms with Crippen molar-refractivity contribution in [3.8, 4) is 22.6 Å². The van der Waals surface area contributed by atoms with Crippen LogP contribution in [0.15, 0.2) is 48.0 Å². The molecule has 2 aliphatic rings. The quantitative estimate of drug-likeness (QED) is 0.303. The number of piperazine rings is 1. The van der Waals surface area contributed by atoms with Gasteiger partial charge in [-0.3, -0.25) is 9.36 Å². The van der Waals surface area contributed by atoms with Crippen LogP contribution in [0.25, 0.3) is 27.7 Å². The van der Waals surface area contributed by atoms with Crippen LogP contribution in [-0.2, 0) is 11.4 Å². The van der Waals surface area contributed by atoms with Gasteiger partial charge in [-0.25, -0.2) is 19.2 Å². The van der Waals surface area contributed by atoms with Crippen LogP contribution in [0.1, 0.15) is 43.6 Å². The summed E-state index contributed by atoms with van der Waals surface area (Å²) in [4.78, 5) is 43.7. The number of rotatable bonds is 4. The average molecular weight is 589 g/mol. The standard InChI is InChI=1S/C31H30ClFN6O3/c1-6-23(40)37-10-11-38(17(4)13-37)30-20-12-21(32)25-24-19(8-7-9-22(24)33)14-42-29(25)28(20)39(31(41)36-30)27-18(5)34-15-35-26(27)16(2)3/h6-9,12,15-17H,1,10-11,13-14H2,2-5H3/t17-/m0/s1. The Labute approximate surface area is 247 Å². The van der Waals surface area contributed by atoms with E-state index in [-0.39, 0.29) is 29.5 Å². The molecule has 2 aromatic carbocycles. The van der Waals surface area contributed by atoms with Crippen molar-refractivity contribution in [3.63, 3.8) is 0 Å². The summed E-state index contributed by atoms with van der Waals surface area (Å²) in [6.45, 7) is 12.7. The van der Waals surface area contributed by atoms with E-state index >= 15 is 4.39 Å². The Bertz CT molecular complexity index is 1840. The van der Waals surface area contributed by atoms with E-state index in [0.29, 0.717) is 75.9 Å². The van der Waals surface area contributed by atoms with Gasteiger partial charge in [-0.2, -0.15) is 4.98 Å². The number of anilines is 1. The molecular weight excluding hydrogens is 559 g/mol. The van der Waals surface area contributed by atoms with E-state index in [1.807, 2.05) is 32.6 Å². The van der Waals surface area contributed by atoms with Crippen LogP contribution in [0.4, 0.5) is 10.2 Å². The molecule has 1 atom stereocenters. The van der Waals surface area contributed by atoms with Gasteiger partial charge in [0.05, 0.1) is 22.1 Å². The minimum absolute atomic E-state index is 0.0407. The fraction of sp³-hybridized carbons (Fsp3) is 0.323. The van der Waals surface area contributed by atoms with Crippen LogP contribution < -0.4 is 15.3 Å².